The van der Waals surface area contributed by atoms with Crippen LogP contribution in [0.5, 0.6) is 11.5 Å². The second kappa shape index (κ2) is 8.04. The predicted octanol–water partition coefficient (Wildman–Crippen LogP) is 1.39. The molecule has 3 heterocycles. The third-order valence-electron chi connectivity index (χ3n) is 6.04. The van der Waals surface area contributed by atoms with Gasteiger partial charge in [-0.1, -0.05) is 0 Å². The van der Waals surface area contributed by atoms with Crippen molar-refractivity contribution in [2.45, 2.75) is 37.3 Å². The number of methoxy groups -OCH3 is 2. The Bertz CT molecular complexity index is 860. The average molecular weight is 400 g/mol. The highest BCUT2D eigenvalue weighted by molar-refractivity contribution is 5.82. The number of nitrogens with two attached hydrogens (primary N) is 1. The topological polar surface area (TPSA) is 103 Å². The van der Waals surface area contributed by atoms with Crippen molar-refractivity contribution in [1.29, 1.82) is 0 Å². The third-order valence-corrected chi connectivity index (χ3v) is 6.04. The molecule has 0 unspecified atom stereocenters. The Morgan fingerprint density at radius 1 is 1.31 bits per heavy atom. The van der Waals surface area contributed by atoms with Crippen LogP contribution >= 0.6 is 0 Å². The van der Waals surface area contributed by atoms with Gasteiger partial charge in [0.15, 0.2) is 11.5 Å². The summed E-state index contributed by atoms with van der Waals surface area (Å²) < 4.78 is 17.3. The number of hydrogen-bond acceptors (Lipinski definition) is 6. The molecule has 2 aliphatic heterocycles. The Morgan fingerprint density at radius 3 is 2.69 bits per heavy atom. The van der Waals surface area contributed by atoms with Crippen molar-refractivity contribution in [2.75, 3.05) is 33.9 Å². The number of likely N-dealkylation sites (tertiary alicyclic amines) is 1. The van der Waals surface area contributed by atoms with Crippen LogP contribution in [0.25, 0.3) is 0 Å². The van der Waals surface area contributed by atoms with Gasteiger partial charge in [-0.15, -0.1) is 0 Å². The van der Waals surface area contributed by atoms with Gasteiger partial charge in [0.25, 0.3) is 0 Å². The minimum atomic E-state index is -0.576. The molecule has 2 aromatic rings. The Hall–Kier alpha value is -2.58. The summed E-state index contributed by atoms with van der Waals surface area (Å²) in [5, 5.41) is 0. The number of rotatable bonds is 5. The standard InChI is InChI=1S/C21H28N4O4/c1-27-18-9-14-3-8-29-21(16(14)11-19(18)28-2)4-6-25(7-5-21)20(26)17(22)10-15-12-23-13-24-15/h9,11-13,17H,3-8,10,22H2,1-2H3,(H,23,24)/t17-/m0/s1. The van der Waals surface area contributed by atoms with Crippen LogP contribution < -0.4 is 15.2 Å². The number of nitrogens with zero attached hydrogens (tertiary/aromatic N) is 2. The molecule has 1 fully saturated rings. The van der Waals surface area contributed by atoms with Gasteiger partial charge in [-0.2, -0.15) is 0 Å². The number of benzene rings is 1. The maximum atomic E-state index is 12.8. The number of fused-ring (bicyclic) bond motifs is 2. The zero-order valence-corrected chi connectivity index (χ0v) is 16.9. The molecule has 4 rings (SSSR count). The molecule has 29 heavy (non-hydrogen) atoms. The summed E-state index contributed by atoms with van der Waals surface area (Å²) in [4.78, 5) is 21.6. The van der Waals surface area contributed by atoms with Crippen molar-refractivity contribution in [3.63, 3.8) is 0 Å². The van der Waals surface area contributed by atoms with Crippen molar-refractivity contribution in [2.24, 2.45) is 5.73 Å². The van der Waals surface area contributed by atoms with Crippen LogP contribution in [0, 0.1) is 0 Å². The molecule has 1 saturated heterocycles. The Labute approximate surface area is 170 Å². The van der Waals surface area contributed by atoms with Crippen LogP contribution in [0.15, 0.2) is 24.7 Å². The Kier molecular flexibility index (Phi) is 5.47. The molecule has 1 spiro atoms. The lowest BCUT2D eigenvalue weighted by Crippen LogP contribution is -2.52. The minimum Gasteiger partial charge on any atom is -0.493 e. The fourth-order valence-corrected chi connectivity index (χ4v) is 4.44. The number of aromatic nitrogens is 2. The lowest BCUT2D eigenvalue weighted by Gasteiger charge is -2.45. The summed E-state index contributed by atoms with van der Waals surface area (Å²) in [5.74, 6) is 1.41. The third kappa shape index (κ3) is 3.70. The first kappa shape index (κ1) is 19.7. The van der Waals surface area contributed by atoms with Gasteiger partial charge in [0.1, 0.15) is 0 Å². The van der Waals surface area contributed by atoms with Crippen LogP contribution in [-0.4, -0.2) is 60.7 Å². The van der Waals surface area contributed by atoms with Gasteiger partial charge in [0, 0.05) is 31.4 Å². The summed E-state index contributed by atoms with van der Waals surface area (Å²) >= 11 is 0. The van der Waals surface area contributed by atoms with E-state index < -0.39 is 11.6 Å². The lowest BCUT2D eigenvalue weighted by molar-refractivity contribution is -0.142. The van der Waals surface area contributed by atoms with Gasteiger partial charge < -0.3 is 29.8 Å². The van der Waals surface area contributed by atoms with E-state index in [2.05, 4.69) is 16.0 Å². The highest BCUT2D eigenvalue weighted by Gasteiger charge is 2.42. The lowest BCUT2D eigenvalue weighted by atomic mass is 9.79. The number of H-pyrrole nitrogens is 1. The normalized spacial score (nSPS) is 18.9. The van der Waals surface area contributed by atoms with E-state index in [-0.39, 0.29) is 5.91 Å². The van der Waals surface area contributed by atoms with Gasteiger partial charge in [-0.3, -0.25) is 4.79 Å². The molecule has 156 valence electrons. The van der Waals surface area contributed by atoms with Crippen molar-refractivity contribution >= 4 is 5.91 Å². The molecular formula is C21H28N4O4. The number of amides is 1. The van der Waals surface area contributed by atoms with Gasteiger partial charge in [-0.05, 0) is 42.5 Å². The second-order valence-corrected chi connectivity index (χ2v) is 7.67. The largest absolute Gasteiger partial charge is 0.493 e. The average Bonchev–Trinajstić information content (AvgIpc) is 3.26. The molecule has 0 saturated carbocycles. The Morgan fingerprint density at radius 2 is 2.03 bits per heavy atom. The van der Waals surface area contributed by atoms with Gasteiger partial charge in [0.2, 0.25) is 5.91 Å². The summed E-state index contributed by atoms with van der Waals surface area (Å²) in [7, 11) is 3.29. The fraction of sp³-hybridized carbons (Fsp3) is 0.524. The highest BCUT2D eigenvalue weighted by Crippen LogP contribution is 2.45. The minimum absolute atomic E-state index is 0.0298. The maximum Gasteiger partial charge on any atom is 0.239 e. The number of aromatic amines is 1. The van der Waals surface area contributed by atoms with Crippen LogP contribution in [0.2, 0.25) is 0 Å². The molecule has 0 bridgehead atoms. The monoisotopic (exact) mass is 400 g/mol. The maximum absolute atomic E-state index is 12.8. The number of imidazole rings is 1. The first-order valence-electron chi connectivity index (χ1n) is 9.97. The first-order valence-corrected chi connectivity index (χ1v) is 9.97. The molecule has 8 nitrogen and oxygen atoms in total. The smallest absolute Gasteiger partial charge is 0.239 e. The van der Waals surface area contributed by atoms with Gasteiger partial charge in [0.05, 0.1) is 38.8 Å². The van der Waals surface area contributed by atoms with E-state index >= 15 is 0 Å². The quantitative estimate of drug-likeness (QED) is 0.786. The molecule has 0 radical (unpaired) electrons. The van der Waals surface area contributed by atoms with Crippen LogP contribution in [0.4, 0.5) is 0 Å². The zero-order chi connectivity index (χ0) is 20.4. The Balaban J connectivity index is 1.48. The SMILES string of the molecule is COc1cc2c(cc1OC)C1(CCN(C(=O)[C@@H](N)Cc3cnc[nH]3)CC1)OCC2. The summed E-state index contributed by atoms with van der Waals surface area (Å²) in [6.07, 6.45) is 6.06. The molecule has 8 heteroatoms. The molecular weight excluding hydrogens is 372 g/mol. The number of nitrogens with one attached hydrogen (secondary N) is 1. The van der Waals surface area contributed by atoms with E-state index in [4.69, 9.17) is 19.9 Å². The van der Waals surface area contributed by atoms with E-state index in [1.54, 1.807) is 26.7 Å². The molecule has 1 atom stereocenters. The van der Waals surface area contributed by atoms with E-state index in [0.717, 1.165) is 36.3 Å². The predicted molar refractivity (Wildman–Crippen MR) is 107 cm³/mol. The molecule has 1 amide bonds. The number of ether oxygens (including phenoxy) is 3. The first-order chi connectivity index (χ1) is 14.1. The van der Waals surface area contributed by atoms with Crippen LogP contribution in [0.1, 0.15) is 29.7 Å². The van der Waals surface area contributed by atoms with Crippen molar-refractivity contribution in [3.05, 3.63) is 41.5 Å². The summed E-state index contributed by atoms with van der Waals surface area (Å²) in [6, 6.07) is 3.51. The van der Waals surface area contributed by atoms with E-state index in [0.29, 0.717) is 31.9 Å². The molecule has 2 aliphatic rings. The zero-order valence-electron chi connectivity index (χ0n) is 16.9. The van der Waals surface area contributed by atoms with Gasteiger partial charge in [-0.25, -0.2) is 4.98 Å². The number of hydrogen-bond donors (Lipinski definition) is 2. The van der Waals surface area contributed by atoms with Crippen molar-refractivity contribution < 1.29 is 19.0 Å². The molecule has 1 aromatic carbocycles. The summed E-state index contributed by atoms with van der Waals surface area (Å²) in [5.41, 5.74) is 9.00. The van der Waals surface area contributed by atoms with Crippen LogP contribution in [0.3, 0.4) is 0 Å². The fourth-order valence-electron chi connectivity index (χ4n) is 4.44. The summed E-state index contributed by atoms with van der Waals surface area (Å²) in [6.45, 7) is 1.89. The molecule has 0 aliphatic carbocycles. The number of carbonyl (C=O) groups excluding carboxylic acids is 1. The molecule has 3 N–H and O–H groups in total. The van der Waals surface area contributed by atoms with E-state index in [9.17, 15) is 4.79 Å². The van der Waals surface area contributed by atoms with E-state index in [1.807, 2.05) is 11.0 Å². The molecule has 1 aromatic heterocycles. The highest BCUT2D eigenvalue weighted by atomic mass is 16.5. The van der Waals surface area contributed by atoms with Crippen LogP contribution in [-0.2, 0) is 28.0 Å². The van der Waals surface area contributed by atoms with E-state index in [1.165, 1.54) is 5.56 Å². The van der Waals surface area contributed by atoms with Gasteiger partial charge >= 0.3 is 0 Å². The van der Waals surface area contributed by atoms with Crippen molar-refractivity contribution in [3.8, 4) is 11.5 Å². The second-order valence-electron chi connectivity index (χ2n) is 7.67. The number of piperidine rings is 1. The van der Waals surface area contributed by atoms with Crippen molar-refractivity contribution in [1.82, 2.24) is 14.9 Å². The number of carbonyl (C=O) groups is 1.